The van der Waals surface area contributed by atoms with E-state index in [2.05, 4.69) is 17.1 Å². The quantitative estimate of drug-likeness (QED) is 0.305. The van der Waals surface area contributed by atoms with E-state index >= 15 is 0 Å². The van der Waals surface area contributed by atoms with Gasteiger partial charge in [0.15, 0.2) is 5.65 Å². The minimum absolute atomic E-state index is 0.0306. The van der Waals surface area contributed by atoms with Gasteiger partial charge in [-0.15, -0.1) is 5.10 Å². The van der Waals surface area contributed by atoms with Crippen LogP contribution in [0.1, 0.15) is 30.9 Å². The number of unbranched alkanes of at least 4 members (excludes halogenated alkanes) is 1. The lowest BCUT2D eigenvalue weighted by atomic mass is 10.1. The van der Waals surface area contributed by atoms with Crippen molar-refractivity contribution in [3.8, 4) is 17.0 Å². The molecule has 0 amide bonds. The largest absolute Gasteiger partial charge is 0.494 e. The molecule has 0 radical (unpaired) electrons. The van der Waals surface area contributed by atoms with E-state index in [4.69, 9.17) is 4.74 Å². The number of halogens is 3. The molecular formula is C25H22F3N5O2. The minimum atomic E-state index is -4.52. The van der Waals surface area contributed by atoms with E-state index in [9.17, 15) is 18.0 Å². The highest BCUT2D eigenvalue weighted by Gasteiger charge is 2.33. The normalized spacial score (nSPS) is 12.0. The highest BCUT2D eigenvalue weighted by Crippen LogP contribution is 2.32. The van der Waals surface area contributed by atoms with Gasteiger partial charge in [-0.1, -0.05) is 31.5 Å². The Balaban J connectivity index is 1.50. The van der Waals surface area contributed by atoms with Crippen molar-refractivity contribution in [3.05, 3.63) is 88.6 Å². The van der Waals surface area contributed by atoms with Crippen LogP contribution in [0.25, 0.3) is 22.4 Å². The van der Waals surface area contributed by atoms with Crippen LogP contribution in [0.15, 0.2) is 71.8 Å². The van der Waals surface area contributed by atoms with Gasteiger partial charge in [0.05, 0.1) is 24.4 Å². The molecule has 2 aromatic carbocycles. The summed E-state index contributed by atoms with van der Waals surface area (Å²) in [6.45, 7) is 2.46. The average Bonchev–Trinajstić information content (AvgIpc) is 3.41. The number of ether oxygens (including phenoxy) is 1. The predicted octanol–water partition coefficient (Wildman–Crippen LogP) is 5.06. The lowest BCUT2D eigenvalue weighted by Gasteiger charge is -2.11. The summed E-state index contributed by atoms with van der Waals surface area (Å²) in [4.78, 5) is 12.9. The van der Waals surface area contributed by atoms with Gasteiger partial charge in [0.2, 0.25) is 0 Å². The van der Waals surface area contributed by atoms with Gasteiger partial charge >= 0.3 is 11.9 Å². The molecule has 0 atom stereocenters. The summed E-state index contributed by atoms with van der Waals surface area (Å²) in [5.74, 6) is 0.776. The first-order valence-electron chi connectivity index (χ1n) is 11.2. The third kappa shape index (κ3) is 4.39. The SMILES string of the molecule is CCCCOc1ccc(-c2cc3c4nn(Cc5ccccc5C(F)(F)F)c(=O)n4ccn3n2)cc1. The van der Waals surface area contributed by atoms with Gasteiger partial charge in [-0.25, -0.2) is 18.4 Å². The maximum absolute atomic E-state index is 13.4. The minimum Gasteiger partial charge on any atom is -0.494 e. The third-order valence-electron chi connectivity index (χ3n) is 5.75. The van der Waals surface area contributed by atoms with Gasteiger partial charge in [0.25, 0.3) is 0 Å². The molecule has 5 aromatic rings. The first-order chi connectivity index (χ1) is 16.8. The van der Waals surface area contributed by atoms with Crippen LogP contribution in [-0.4, -0.2) is 30.4 Å². The van der Waals surface area contributed by atoms with Crippen molar-refractivity contribution in [3.63, 3.8) is 0 Å². The molecule has 0 unspecified atom stereocenters. The number of aromatic nitrogens is 5. The zero-order valence-corrected chi connectivity index (χ0v) is 18.9. The molecule has 0 spiro atoms. The zero-order valence-electron chi connectivity index (χ0n) is 18.9. The summed E-state index contributed by atoms with van der Waals surface area (Å²) >= 11 is 0. The van der Waals surface area contributed by atoms with Crippen molar-refractivity contribution in [2.24, 2.45) is 0 Å². The van der Waals surface area contributed by atoms with Crippen LogP contribution < -0.4 is 10.4 Å². The zero-order chi connectivity index (χ0) is 24.6. The number of rotatable bonds is 7. The molecule has 0 aliphatic carbocycles. The molecule has 0 N–H and O–H groups in total. The number of hydrogen-bond acceptors (Lipinski definition) is 4. The van der Waals surface area contributed by atoms with Gasteiger partial charge in [-0.2, -0.15) is 18.3 Å². The van der Waals surface area contributed by atoms with Crippen LogP contribution in [0.5, 0.6) is 5.75 Å². The molecule has 35 heavy (non-hydrogen) atoms. The fourth-order valence-corrected chi connectivity index (χ4v) is 3.93. The summed E-state index contributed by atoms with van der Waals surface area (Å²) < 4.78 is 49.8. The fourth-order valence-electron chi connectivity index (χ4n) is 3.93. The van der Waals surface area contributed by atoms with Crippen molar-refractivity contribution in [2.45, 2.75) is 32.5 Å². The molecule has 7 nitrogen and oxygen atoms in total. The van der Waals surface area contributed by atoms with E-state index in [1.807, 2.05) is 24.3 Å². The standard InChI is InChI=1S/C25H22F3N5O2/c1-2-3-14-35-19-10-8-17(9-11-19)21-15-22-23-30-33(24(34)31(23)12-13-32(22)29-21)16-18-6-4-5-7-20(18)25(26,27)28/h4-13,15H,2-3,14,16H2,1H3. The number of nitrogens with zero attached hydrogens (tertiary/aromatic N) is 5. The molecular weight excluding hydrogens is 459 g/mol. The van der Waals surface area contributed by atoms with Crippen LogP contribution in [0.2, 0.25) is 0 Å². The molecule has 5 rings (SSSR count). The van der Waals surface area contributed by atoms with Gasteiger partial charge < -0.3 is 4.74 Å². The number of benzene rings is 2. The van der Waals surface area contributed by atoms with Crippen molar-refractivity contribution in [1.29, 1.82) is 0 Å². The van der Waals surface area contributed by atoms with Crippen molar-refractivity contribution >= 4 is 11.2 Å². The van der Waals surface area contributed by atoms with Crippen molar-refractivity contribution < 1.29 is 17.9 Å². The Kier molecular flexibility index (Phi) is 5.80. The summed E-state index contributed by atoms with van der Waals surface area (Å²) in [6, 6.07) is 14.5. The molecule has 0 aliphatic heterocycles. The van der Waals surface area contributed by atoms with E-state index < -0.39 is 17.4 Å². The molecule has 3 aromatic heterocycles. The number of hydrogen-bond donors (Lipinski definition) is 0. The van der Waals surface area contributed by atoms with Gasteiger partial charge in [0.1, 0.15) is 11.3 Å². The third-order valence-corrected chi connectivity index (χ3v) is 5.75. The van der Waals surface area contributed by atoms with E-state index in [0.29, 0.717) is 23.5 Å². The van der Waals surface area contributed by atoms with Crippen LogP contribution >= 0.6 is 0 Å². The smallest absolute Gasteiger partial charge is 0.416 e. The Labute approximate surface area is 198 Å². The summed E-state index contributed by atoms with van der Waals surface area (Å²) in [6.07, 6.45) is 0.638. The maximum atomic E-state index is 13.4. The maximum Gasteiger partial charge on any atom is 0.416 e. The molecule has 0 aliphatic rings. The monoisotopic (exact) mass is 481 g/mol. The highest BCUT2D eigenvalue weighted by molar-refractivity contribution is 5.76. The summed E-state index contributed by atoms with van der Waals surface area (Å²) in [5.41, 5.74) is 1.04. The topological polar surface area (TPSA) is 65.8 Å². The molecule has 0 fully saturated rings. The lowest BCUT2D eigenvalue weighted by Crippen LogP contribution is -2.23. The van der Waals surface area contributed by atoms with Gasteiger partial charge in [-0.3, -0.25) is 0 Å². The Morgan fingerprint density at radius 1 is 1.00 bits per heavy atom. The fraction of sp³-hybridized carbons (Fsp3) is 0.240. The lowest BCUT2D eigenvalue weighted by molar-refractivity contribution is -0.138. The first-order valence-corrected chi connectivity index (χ1v) is 11.2. The van der Waals surface area contributed by atoms with Crippen molar-refractivity contribution in [1.82, 2.24) is 23.8 Å². The van der Waals surface area contributed by atoms with Crippen molar-refractivity contribution in [2.75, 3.05) is 6.61 Å². The summed E-state index contributed by atoms with van der Waals surface area (Å²) in [7, 11) is 0. The molecule has 0 saturated carbocycles. The molecule has 0 bridgehead atoms. The average molecular weight is 481 g/mol. The number of alkyl halides is 3. The van der Waals surface area contributed by atoms with E-state index in [-0.39, 0.29) is 12.1 Å². The van der Waals surface area contributed by atoms with Crippen LogP contribution in [0.4, 0.5) is 13.2 Å². The Morgan fingerprint density at radius 2 is 1.77 bits per heavy atom. The second-order valence-corrected chi connectivity index (χ2v) is 8.17. The van der Waals surface area contributed by atoms with Crippen LogP contribution in [-0.2, 0) is 12.7 Å². The second-order valence-electron chi connectivity index (χ2n) is 8.17. The molecule has 3 heterocycles. The predicted molar refractivity (Wildman–Crippen MR) is 125 cm³/mol. The van der Waals surface area contributed by atoms with E-state index in [1.54, 1.807) is 16.8 Å². The van der Waals surface area contributed by atoms with Crippen LogP contribution in [0, 0.1) is 0 Å². The highest BCUT2D eigenvalue weighted by atomic mass is 19.4. The molecule has 10 heteroatoms. The number of fused-ring (bicyclic) bond motifs is 3. The first kappa shape index (κ1) is 22.7. The Bertz CT molecular complexity index is 1550. The Hall–Kier alpha value is -4.08. The van der Waals surface area contributed by atoms with Gasteiger partial charge in [-0.05, 0) is 48.4 Å². The van der Waals surface area contributed by atoms with E-state index in [0.717, 1.165) is 34.9 Å². The molecule has 0 saturated heterocycles. The van der Waals surface area contributed by atoms with E-state index in [1.165, 1.54) is 28.8 Å². The van der Waals surface area contributed by atoms with Crippen LogP contribution in [0.3, 0.4) is 0 Å². The summed E-state index contributed by atoms with van der Waals surface area (Å²) in [5, 5.41) is 8.91. The molecule has 180 valence electrons. The second kappa shape index (κ2) is 8.94. The Morgan fingerprint density at radius 3 is 2.51 bits per heavy atom. The van der Waals surface area contributed by atoms with Gasteiger partial charge in [0, 0.05) is 18.0 Å².